The summed E-state index contributed by atoms with van der Waals surface area (Å²) >= 11 is 1.77. The smallest absolute Gasteiger partial charge is 0.253 e. The van der Waals surface area contributed by atoms with Gasteiger partial charge in [0.1, 0.15) is 0 Å². The molecule has 0 aliphatic carbocycles. The van der Waals surface area contributed by atoms with Gasteiger partial charge in [-0.05, 0) is 49.1 Å². The van der Waals surface area contributed by atoms with Gasteiger partial charge in [0.2, 0.25) is 0 Å². The molecular formula is C21H22N2OS. The number of thiazole rings is 1. The number of para-hydroxylation sites is 1. The van der Waals surface area contributed by atoms with Gasteiger partial charge in [-0.25, -0.2) is 4.98 Å². The first-order valence-corrected chi connectivity index (χ1v) is 9.80. The molecule has 1 aliphatic heterocycles. The standard InChI is InChI=1S/C21H22N2OS/c1-2-15-9-11-16(12-10-15)21(24)23-13-5-6-17(14-23)20-22-18-7-3-4-8-19(18)25-20/h3-4,7-12,17H,2,5-6,13-14H2,1H3/t17-/m0/s1. The highest BCUT2D eigenvalue weighted by molar-refractivity contribution is 7.18. The van der Waals surface area contributed by atoms with Crippen molar-refractivity contribution in [3.05, 3.63) is 64.7 Å². The Balaban J connectivity index is 1.52. The van der Waals surface area contributed by atoms with Crippen molar-refractivity contribution in [3.8, 4) is 0 Å². The van der Waals surface area contributed by atoms with Gasteiger partial charge in [0, 0.05) is 24.6 Å². The number of fused-ring (bicyclic) bond motifs is 1. The molecule has 3 aromatic rings. The quantitative estimate of drug-likeness (QED) is 0.674. The van der Waals surface area contributed by atoms with Gasteiger partial charge in [0.25, 0.3) is 5.91 Å². The number of likely N-dealkylation sites (tertiary alicyclic amines) is 1. The average Bonchev–Trinajstić information content (AvgIpc) is 3.12. The number of amides is 1. The molecular weight excluding hydrogens is 328 g/mol. The van der Waals surface area contributed by atoms with Gasteiger partial charge in [-0.3, -0.25) is 4.79 Å². The number of piperidine rings is 1. The topological polar surface area (TPSA) is 33.2 Å². The van der Waals surface area contributed by atoms with Crippen LogP contribution in [0.25, 0.3) is 10.2 Å². The number of rotatable bonds is 3. The number of benzene rings is 2. The molecule has 3 nitrogen and oxygen atoms in total. The molecule has 128 valence electrons. The number of hydrogen-bond acceptors (Lipinski definition) is 3. The lowest BCUT2D eigenvalue weighted by Crippen LogP contribution is -2.39. The van der Waals surface area contributed by atoms with E-state index in [1.54, 1.807) is 11.3 Å². The lowest BCUT2D eigenvalue weighted by Gasteiger charge is -2.32. The Labute approximate surface area is 152 Å². The Morgan fingerprint density at radius 3 is 2.76 bits per heavy atom. The molecule has 0 spiro atoms. The third-order valence-electron chi connectivity index (χ3n) is 4.98. The van der Waals surface area contributed by atoms with Crippen molar-refractivity contribution >= 4 is 27.5 Å². The third kappa shape index (κ3) is 3.31. The number of nitrogens with zero attached hydrogens (tertiary/aromatic N) is 2. The Morgan fingerprint density at radius 1 is 1.20 bits per heavy atom. The van der Waals surface area contributed by atoms with Crippen molar-refractivity contribution in [1.29, 1.82) is 0 Å². The van der Waals surface area contributed by atoms with Crippen LogP contribution in [-0.2, 0) is 6.42 Å². The average molecular weight is 350 g/mol. The van der Waals surface area contributed by atoms with Gasteiger partial charge < -0.3 is 4.90 Å². The maximum atomic E-state index is 12.9. The van der Waals surface area contributed by atoms with Gasteiger partial charge in [-0.1, -0.05) is 31.2 Å². The molecule has 0 saturated carbocycles. The molecule has 1 fully saturated rings. The summed E-state index contributed by atoms with van der Waals surface area (Å²) in [7, 11) is 0. The van der Waals surface area contributed by atoms with Crippen LogP contribution in [0.5, 0.6) is 0 Å². The van der Waals surface area contributed by atoms with Crippen molar-refractivity contribution in [1.82, 2.24) is 9.88 Å². The molecule has 2 aromatic carbocycles. The predicted molar refractivity (Wildman–Crippen MR) is 103 cm³/mol. The zero-order chi connectivity index (χ0) is 17.2. The Kier molecular flexibility index (Phi) is 4.53. The van der Waals surface area contributed by atoms with E-state index in [2.05, 4.69) is 37.3 Å². The van der Waals surface area contributed by atoms with Crippen LogP contribution in [0.1, 0.15) is 46.6 Å². The van der Waals surface area contributed by atoms with Crippen LogP contribution in [0.4, 0.5) is 0 Å². The highest BCUT2D eigenvalue weighted by Gasteiger charge is 2.27. The third-order valence-corrected chi connectivity index (χ3v) is 6.18. The molecule has 0 unspecified atom stereocenters. The lowest BCUT2D eigenvalue weighted by atomic mass is 9.98. The van der Waals surface area contributed by atoms with Crippen LogP contribution in [0, 0.1) is 0 Å². The zero-order valence-corrected chi connectivity index (χ0v) is 15.3. The highest BCUT2D eigenvalue weighted by atomic mass is 32.1. The summed E-state index contributed by atoms with van der Waals surface area (Å²) in [6, 6.07) is 16.3. The highest BCUT2D eigenvalue weighted by Crippen LogP contribution is 2.33. The molecule has 0 bridgehead atoms. The molecule has 0 radical (unpaired) electrons. The van der Waals surface area contributed by atoms with Gasteiger partial charge in [0.05, 0.1) is 15.2 Å². The largest absolute Gasteiger partial charge is 0.338 e. The summed E-state index contributed by atoms with van der Waals surface area (Å²) in [6.45, 7) is 3.74. The van der Waals surface area contributed by atoms with Gasteiger partial charge in [0.15, 0.2) is 0 Å². The van der Waals surface area contributed by atoms with Crippen LogP contribution >= 0.6 is 11.3 Å². The van der Waals surface area contributed by atoms with Crippen LogP contribution in [0.2, 0.25) is 0 Å². The van der Waals surface area contributed by atoms with E-state index in [4.69, 9.17) is 4.98 Å². The number of aromatic nitrogens is 1. The number of hydrogen-bond donors (Lipinski definition) is 0. The van der Waals surface area contributed by atoms with E-state index in [0.717, 1.165) is 43.4 Å². The minimum Gasteiger partial charge on any atom is -0.338 e. The second-order valence-corrected chi connectivity index (χ2v) is 7.72. The minimum atomic E-state index is 0.147. The predicted octanol–water partition coefficient (Wildman–Crippen LogP) is 4.88. The van der Waals surface area contributed by atoms with Gasteiger partial charge >= 0.3 is 0 Å². The summed E-state index contributed by atoms with van der Waals surface area (Å²) in [5.74, 6) is 0.499. The SMILES string of the molecule is CCc1ccc(C(=O)N2CCC[C@H](c3nc4ccccc4s3)C2)cc1. The molecule has 1 saturated heterocycles. The minimum absolute atomic E-state index is 0.147. The van der Waals surface area contributed by atoms with Crippen LogP contribution < -0.4 is 0 Å². The van der Waals surface area contributed by atoms with Crippen molar-refractivity contribution in [3.63, 3.8) is 0 Å². The molecule has 0 N–H and O–H groups in total. The van der Waals surface area contributed by atoms with E-state index < -0.39 is 0 Å². The van der Waals surface area contributed by atoms with Gasteiger partial charge in [-0.2, -0.15) is 0 Å². The molecule has 4 rings (SSSR count). The van der Waals surface area contributed by atoms with Gasteiger partial charge in [-0.15, -0.1) is 11.3 Å². The number of aryl methyl sites for hydroxylation is 1. The van der Waals surface area contributed by atoms with Crippen molar-refractivity contribution in [2.24, 2.45) is 0 Å². The fourth-order valence-electron chi connectivity index (χ4n) is 3.49. The summed E-state index contributed by atoms with van der Waals surface area (Å²) in [5.41, 5.74) is 3.13. The monoisotopic (exact) mass is 350 g/mol. The van der Waals surface area contributed by atoms with Crippen LogP contribution in [0.15, 0.2) is 48.5 Å². The molecule has 1 aromatic heterocycles. The molecule has 1 aliphatic rings. The number of carbonyl (C=O) groups excluding carboxylic acids is 1. The van der Waals surface area contributed by atoms with E-state index in [0.29, 0.717) is 5.92 Å². The van der Waals surface area contributed by atoms with Crippen LogP contribution in [-0.4, -0.2) is 28.9 Å². The van der Waals surface area contributed by atoms with E-state index in [1.807, 2.05) is 23.1 Å². The maximum absolute atomic E-state index is 12.9. The summed E-state index contributed by atoms with van der Waals surface area (Å²) < 4.78 is 1.23. The zero-order valence-electron chi connectivity index (χ0n) is 14.4. The normalized spacial score (nSPS) is 17.8. The molecule has 2 heterocycles. The summed E-state index contributed by atoms with van der Waals surface area (Å²) in [4.78, 5) is 19.7. The second-order valence-electron chi connectivity index (χ2n) is 6.66. The summed E-state index contributed by atoms with van der Waals surface area (Å²) in [5, 5.41) is 1.17. The Bertz CT molecular complexity index is 851. The number of carbonyl (C=O) groups is 1. The maximum Gasteiger partial charge on any atom is 0.253 e. The molecule has 4 heteroatoms. The lowest BCUT2D eigenvalue weighted by molar-refractivity contribution is 0.0707. The molecule has 1 atom stereocenters. The first kappa shape index (κ1) is 16.3. The van der Waals surface area contributed by atoms with Crippen molar-refractivity contribution < 1.29 is 4.79 Å². The van der Waals surface area contributed by atoms with Crippen molar-refractivity contribution in [2.45, 2.75) is 32.1 Å². The first-order valence-electron chi connectivity index (χ1n) is 8.98. The second kappa shape index (κ2) is 6.96. The Morgan fingerprint density at radius 2 is 2.00 bits per heavy atom. The fourth-order valence-corrected chi connectivity index (χ4v) is 4.59. The van der Waals surface area contributed by atoms with E-state index in [9.17, 15) is 4.79 Å². The summed E-state index contributed by atoms with van der Waals surface area (Å²) in [6.07, 6.45) is 3.15. The van der Waals surface area contributed by atoms with E-state index in [-0.39, 0.29) is 5.91 Å². The molecule has 1 amide bonds. The fraction of sp³-hybridized carbons (Fsp3) is 0.333. The van der Waals surface area contributed by atoms with Crippen LogP contribution in [0.3, 0.4) is 0 Å². The van der Waals surface area contributed by atoms with E-state index >= 15 is 0 Å². The first-order chi connectivity index (χ1) is 12.2. The van der Waals surface area contributed by atoms with Crippen molar-refractivity contribution in [2.75, 3.05) is 13.1 Å². The molecule has 25 heavy (non-hydrogen) atoms. The Hall–Kier alpha value is -2.20. The van der Waals surface area contributed by atoms with E-state index in [1.165, 1.54) is 15.3 Å².